The minimum absolute atomic E-state index is 0. The molecule has 0 aliphatic heterocycles. The minimum Gasteiger partial charge on any atom is -0.493 e. The first kappa shape index (κ1) is 49.0. The van der Waals surface area contributed by atoms with Crippen LogP contribution in [0.15, 0.2) is 35.3 Å². The van der Waals surface area contributed by atoms with Gasteiger partial charge in [0.05, 0.1) is 68.9 Å². The van der Waals surface area contributed by atoms with E-state index >= 15 is 0 Å². The summed E-state index contributed by atoms with van der Waals surface area (Å²) in [5.74, 6) is -2.95. The molecule has 6 rings (SSSR count). The molecule has 0 aromatic carbocycles. The van der Waals surface area contributed by atoms with Crippen molar-refractivity contribution in [3.63, 3.8) is 0 Å². The van der Waals surface area contributed by atoms with Gasteiger partial charge in [0.1, 0.15) is 11.2 Å². The van der Waals surface area contributed by atoms with Crippen molar-refractivity contribution in [2.24, 2.45) is 0 Å². The monoisotopic (exact) mass is 1570 g/mol. The topological polar surface area (TPSA) is 255 Å². The van der Waals surface area contributed by atoms with Crippen LogP contribution in [0, 0.1) is 176 Å². The molecular weight excluding hydrogens is 1540 g/mol. The van der Waals surface area contributed by atoms with Gasteiger partial charge in [-0.1, -0.05) is 0 Å². The van der Waals surface area contributed by atoms with Crippen molar-refractivity contribution < 1.29 is 236 Å². The Morgan fingerprint density at radius 3 is 1.54 bits per heavy atom. The van der Waals surface area contributed by atoms with Crippen LogP contribution in [0.5, 0.6) is 0 Å². The number of rotatable bonds is 10. The summed E-state index contributed by atoms with van der Waals surface area (Å²) in [5.41, 5.74) is -4.24. The Morgan fingerprint density at radius 1 is 0.596 bits per heavy atom. The molecule has 0 bridgehead atoms. The molecule has 2 unspecified atom stereocenters. The first-order valence-corrected chi connectivity index (χ1v) is 14.8. The van der Waals surface area contributed by atoms with Crippen LogP contribution in [0.25, 0.3) is 0 Å². The third-order valence-electron chi connectivity index (χ3n) is 9.23. The summed E-state index contributed by atoms with van der Waals surface area (Å²) >= 11 is 0. The van der Waals surface area contributed by atoms with Crippen LogP contribution in [0.4, 0.5) is 0 Å². The first-order chi connectivity index (χ1) is 22.8. The number of Topliss-reactive ketones (excluding diaryl/α,β-unsaturated/α-hetero) is 3. The van der Waals surface area contributed by atoms with E-state index in [0.717, 1.165) is 12.2 Å². The van der Waals surface area contributed by atoms with Gasteiger partial charge in [-0.25, -0.2) is 0 Å². The van der Waals surface area contributed by atoms with Gasteiger partial charge in [-0.3, -0.25) is 19.2 Å². The fourth-order valence-corrected chi connectivity index (χ4v) is 7.00. The summed E-state index contributed by atoms with van der Waals surface area (Å²) in [6, 6.07) is 0. The average Bonchev–Trinajstić information content (AvgIpc) is 3.75. The van der Waals surface area contributed by atoms with Gasteiger partial charge in [0.2, 0.25) is 17.3 Å². The van der Waals surface area contributed by atoms with Crippen molar-refractivity contribution in [1.82, 2.24) is 15.0 Å². The largest absolute Gasteiger partial charge is 0.493 e. The van der Waals surface area contributed by atoms with Crippen LogP contribution in [-0.4, -0.2) is 82.9 Å². The van der Waals surface area contributed by atoms with E-state index in [1.807, 2.05) is 0 Å². The maximum Gasteiger partial charge on any atom is 0.230 e. The average molecular weight is 1570 g/mol. The zero-order chi connectivity index (χ0) is 34.9. The molecule has 2 atom stereocenters. The number of hydrogen-bond donors (Lipinski definition) is 9. The van der Waals surface area contributed by atoms with Crippen molar-refractivity contribution in [2.45, 2.75) is 57.4 Å². The molecule has 3 aromatic heterocycles. The standard InChI is InChI=1S/C33H33N3O12.4Ac/c1-13-5-32(45,6-14-17(10-38)34-26-20(41)4-21(47-2)28(43)23(14)26)30-24(27(13)42)15(18(11-39)35-30)7-33(46)8-22(48-3)29(44)25-16(9-37)19(12-40)36-31(25)33;;;;/h4-5,8,34-40,45-46H,6-7,9-12H2,1-3H3;;;;. The maximum absolute atomic E-state index is 13.8. The van der Waals surface area contributed by atoms with Gasteiger partial charge in [0, 0.05) is 223 Å². The van der Waals surface area contributed by atoms with Crippen molar-refractivity contribution in [2.75, 3.05) is 14.2 Å². The molecule has 19 heteroatoms. The number of aliphatic hydroxyl groups excluding tert-OH is 4. The molecule has 0 amide bonds. The molecular formula is C33H33Ac4N3O12. The van der Waals surface area contributed by atoms with Crippen molar-refractivity contribution >= 4 is 23.1 Å². The Hall–Kier alpha value is 0.866. The zero-order valence-corrected chi connectivity index (χ0v) is 47.4. The molecule has 3 aliphatic rings. The Bertz CT molecular complexity index is 2040. The number of ketones is 4. The van der Waals surface area contributed by atoms with E-state index in [1.165, 1.54) is 27.2 Å². The van der Waals surface area contributed by atoms with Crippen LogP contribution in [0.2, 0.25) is 0 Å². The molecule has 0 fully saturated rings. The van der Waals surface area contributed by atoms with Crippen LogP contribution >= 0.6 is 0 Å². The maximum atomic E-state index is 13.8. The second-order valence-electron chi connectivity index (χ2n) is 11.9. The predicted octanol–water partition coefficient (Wildman–Crippen LogP) is 0.279. The van der Waals surface area contributed by atoms with Crippen LogP contribution in [0.3, 0.4) is 0 Å². The number of aromatic nitrogens is 3. The van der Waals surface area contributed by atoms with E-state index in [0.29, 0.717) is 0 Å². The molecule has 3 heterocycles. The Balaban J connectivity index is 0.00000234. The van der Waals surface area contributed by atoms with E-state index in [2.05, 4.69) is 15.0 Å². The van der Waals surface area contributed by atoms with E-state index in [4.69, 9.17) is 9.47 Å². The number of aliphatic hydroxyl groups is 6. The number of fused-ring (bicyclic) bond motifs is 3. The molecule has 3 aliphatic carbocycles. The molecule has 15 nitrogen and oxygen atoms in total. The Morgan fingerprint density at radius 2 is 1.04 bits per heavy atom. The van der Waals surface area contributed by atoms with Gasteiger partial charge in [0.25, 0.3) is 0 Å². The third kappa shape index (κ3) is 8.11. The molecule has 4 radical (unpaired) electrons. The predicted molar refractivity (Wildman–Crippen MR) is 163 cm³/mol. The SMILES string of the molecule is COC1=CC(=O)c2[nH]c(CO)c(CC3(O)C=C(C)C(=O)c4c3[nH]c(CO)c4CC3(O)C=C(OC)C(=O)c4c3[nH]c(CO)c4CO)c2C1=O.[Ac].[Ac].[Ac].[Ac]. The van der Waals surface area contributed by atoms with E-state index < -0.39 is 73.6 Å². The summed E-state index contributed by atoms with van der Waals surface area (Å²) in [5, 5.41) is 65.0. The second-order valence-corrected chi connectivity index (χ2v) is 11.9. The summed E-state index contributed by atoms with van der Waals surface area (Å²) in [6.07, 6.45) is 2.54. The summed E-state index contributed by atoms with van der Waals surface area (Å²) in [4.78, 5) is 61.7. The Labute approximate surface area is 440 Å². The minimum atomic E-state index is -2.11. The number of H-pyrrole nitrogens is 3. The number of allylic oxidation sites excluding steroid dienone is 4. The number of aromatic amines is 3. The van der Waals surface area contributed by atoms with Crippen LogP contribution in [-0.2, 0) is 59.9 Å². The third-order valence-corrected chi connectivity index (χ3v) is 9.23. The molecule has 0 saturated heterocycles. The quantitative estimate of drug-likeness (QED) is 0.133. The van der Waals surface area contributed by atoms with Crippen molar-refractivity contribution in [3.8, 4) is 0 Å². The van der Waals surface area contributed by atoms with Gasteiger partial charge >= 0.3 is 0 Å². The molecule has 0 saturated carbocycles. The van der Waals surface area contributed by atoms with Crippen LogP contribution in [0.1, 0.15) is 93.6 Å². The molecule has 52 heavy (non-hydrogen) atoms. The van der Waals surface area contributed by atoms with Gasteiger partial charge in [-0.15, -0.1) is 0 Å². The summed E-state index contributed by atoms with van der Waals surface area (Å²) < 4.78 is 10.3. The number of carbonyl (C=O) groups is 4. The number of nitrogens with one attached hydrogen (secondary N) is 3. The molecule has 3 aromatic rings. The fraction of sp³-hybridized carbons (Fsp3) is 0.333. The number of ether oxygens (including phenoxy) is 2. The molecule has 264 valence electrons. The first-order valence-electron chi connectivity index (χ1n) is 14.8. The summed E-state index contributed by atoms with van der Waals surface area (Å²) in [6.45, 7) is -1.10. The van der Waals surface area contributed by atoms with Gasteiger partial charge in [0.15, 0.2) is 17.3 Å². The van der Waals surface area contributed by atoms with Crippen molar-refractivity contribution in [1.29, 1.82) is 0 Å². The molecule has 0 spiro atoms. The Kier molecular flexibility index (Phi) is 18.0. The van der Waals surface area contributed by atoms with Gasteiger partial charge in [-0.05, 0) is 35.8 Å². The number of hydrogen-bond acceptors (Lipinski definition) is 12. The van der Waals surface area contributed by atoms with Gasteiger partial charge < -0.3 is 55.1 Å². The normalized spacial score (nSPS) is 20.1. The zero-order valence-electron chi connectivity index (χ0n) is 28.4. The van der Waals surface area contributed by atoms with E-state index in [-0.39, 0.29) is 261 Å². The van der Waals surface area contributed by atoms with Crippen LogP contribution < -0.4 is 0 Å². The van der Waals surface area contributed by atoms with Gasteiger partial charge in [-0.2, -0.15) is 0 Å². The van der Waals surface area contributed by atoms with E-state index in [9.17, 15) is 49.8 Å². The number of methoxy groups -OCH3 is 2. The smallest absolute Gasteiger partial charge is 0.230 e. The molecule has 9 N–H and O–H groups in total. The van der Waals surface area contributed by atoms with E-state index in [1.54, 1.807) is 0 Å². The summed E-state index contributed by atoms with van der Waals surface area (Å²) in [7, 11) is 2.44. The fourth-order valence-electron chi connectivity index (χ4n) is 7.00. The van der Waals surface area contributed by atoms with Crippen molar-refractivity contribution in [3.05, 3.63) is 103 Å². The number of carbonyl (C=O) groups excluding carboxylic acids is 4. The second kappa shape index (κ2) is 19.1.